The largest absolute Gasteiger partial charge is 0.417 e. The molecule has 0 aromatic carbocycles. The maximum Gasteiger partial charge on any atom is 0.417 e. The van der Waals surface area contributed by atoms with Crippen LogP contribution in [0.4, 0.5) is 17.6 Å². The lowest BCUT2D eigenvalue weighted by atomic mass is 10.0. The standard InChI is InChI=1S/C9H13F4NO2/c1-8(16,9(11,12)13)4-7(15)14-3-2-6(10)5-14/h6,16H,2-5H2,1H3/t6-,8+/m0/s1. The zero-order valence-electron chi connectivity index (χ0n) is 8.72. The van der Waals surface area contributed by atoms with E-state index in [1.165, 1.54) is 0 Å². The van der Waals surface area contributed by atoms with Crippen molar-refractivity contribution < 1.29 is 27.5 Å². The first-order valence-electron chi connectivity index (χ1n) is 4.84. The van der Waals surface area contributed by atoms with Gasteiger partial charge in [0.05, 0.1) is 13.0 Å². The molecule has 0 unspecified atom stereocenters. The number of hydrogen-bond donors (Lipinski definition) is 1. The van der Waals surface area contributed by atoms with Crippen molar-refractivity contribution in [2.24, 2.45) is 0 Å². The summed E-state index contributed by atoms with van der Waals surface area (Å²) >= 11 is 0. The average molecular weight is 243 g/mol. The topological polar surface area (TPSA) is 40.5 Å². The Kier molecular flexibility index (Phi) is 3.47. The van der Waals surface area contributed by atoms with Gasteiger partial charge in [0.15, 0.2) is 5.60 Å². The third kappa shape index (κ3) is 2.84. The molecule has 1 aliphatic heterocycles. The molecule has 7 heteroatoms. The Morgan fingerprint density at radius 1 is 1.50 bits per heavy atom. The molecule has 0 aliphatic carbocycles. The zero-order valence-corrected chi connectivity index (χ0v) is 8.72. The van der Waals surface area contributed by atoms with Crippen molar-refractivity contribution in [1.82, 2.24) is 4.90 Å². The second-order valence-corrected chi connectivity index (χ2v) is 4.17. The van der Waals surface area contributed by atoms with Gasteiger partial charge in [-0.25, -0.2) is 4.39 Å². The summed E-state index contributed by atoms with van der Waals surface area (Å²) in [5.41, 5.74) is -3.06. The molecule has 94 valence electrons. The van der Waals surface area contributed by atoms with Gasteiger partial charge in [0, 0.05) is 6.54 Å². The second-order valence-electron chi connectivity index (χ2n) is 4.17. The molecule has 0 saturated carbocycles. The van der Waals surface area contributed by atoms with E-state index in [1.807, 2.05) is 0 Å². The van der Waals surface area contributed by atoms with E-state index < -0.39 is 30.3 Å². The van der Waals surface area contributed by atoms with Gasteiger partial charge in [-0.1, -0.05) is 0 Å². The highest BCUT2D eigenvalue weighted by Crippen LogP contribution is 2.33. The van der Waals surface area contributed by atoms with E-state index in [9.17, 15) is 22.4 Å². The van der Waals surface area contributed by atoms with Gasteiger partial charge in [0.25, 0.3) is 0 Å². The van der Waals surface area contributed by atoms with Gasteiger partial charge < -0.3 is 10.0 Å². The summed E-state index contributed by atoms with van der Waals surface area (Å²) in [6.45, 7) is 0.453. The summed E-state index contributed by atoms with van der Waals surface area (Å²) in [5, 5.41) is 9.08. The van der Waals surface area contributed by atoms with Crippen molar-refractivity contribution in [2.75, 3.05) is 13.1 Å². The van der Waals surface area contributed by atoms with Crippen LogP contribution in [0.25, 0.3) is 0 Å². The third-order valence-corrected chi connectivity index (χ3v) is 2.59. The summed E-state index contributed by atoms with van der Waals surface area (Å²) in [6, 6.07) is 0. The molecule has 0 radical (unpaired) electrons. The van der Waals surface area contributed by atoms with Crippen LogP contribution in [0.1, 0.15) is 19.8 Å². The lowest BCUT2D eigenvalue weighted by Crippen LogP contribution is -2.46. The van der Waals surface area contributed by atoms with Gasteiger partial charge in [-0.2, -0.15) is 13.2 Å². The minimum atomic E-state index is -4.86. The fourth-order valence-electron chi connectivity index (χ4n) is 1.45. The molecule has 0 spiro atoms. The van der Waals surface area contributed by atoms with Crippen LogP contribution in [0.2, 0.25) is 0 Å². The number of rotatable bonds is 2. The summed E-state index contributed by atoms with van der Waals surface area (Å²) in [7, 11) is 0. The van der Waals surface area contributed by atoms with Gasteiger partial charge in [-0.3, -0.25) is 4.79 Å². The molecule has 1 fully saturated rings. The molecule has 0 aromatic rings. The van der Waals surface area contributed by atoms with Crippen LogP contribution in [-0.4, -0.2) is 47.0 Å². The van der Waals surface area contributed by atoms with Crippen molar-refractivity contribution >= 4 is 5.91 Å². The van der Waals surface area contributed by atoms with Gasteiger partial charge >= 0.3 is 6.18 Å². The Morgan fingerprint density at radius 3 is 2.44 bits per heavy atom. The smallest absolute Gasteiger partial charge is 0.380 e. The van der Waals surface area contributed by atoms with Crippen molar-refractivity contribution in [3.63, 3.8) is 0 Å². The highest BCUT2D eigenvalue weighted by molar-refractivity contribution is 5.77. The number of nitrogens with zero attached hydrogens (tertiary/aromatic N) is 1. The predicted octanol–water partition coefficient (Wildman–Crippen LogP) is 1.26. The lowest BCUT2D eigenvalue weighted by Gasteiger charge is -2.27. The molecule has 1 rings (SSSR count). The van der Waals surface area contributed by atoms with Gasteiger partial charge in [-0.15, -0.1) is 0 Å². The number of likely N-dealkylation sites (tertiary alicyclic amines) is 1. The number of hydrogen-bond acceptors (Lipinski definition) is 2. The SMILES string of the molecule is C[C@@](O)(CC(=O)N1CC[C@H](F)C1)C(F)(F)F. The second kappa shape index (κ2) is 4.20. The molecule has 1 saturated heterocycles. The Morgan fingerprint density at radius 2 is 2.06 bits per heavy atom. The van der Waals surface area contributed by atoms with E-state index in [0.717, 1.165) is 4.90 Å². The summed E-state index contributed by atoms with van der Waals surface area (Å²) in [4.78, 5) is 12.4. The van der Waals surface area contributed by atoms with Gasteiger partial charge in [0.1, 0.15) is 6.17 Å². The van der Waals surface area contributed by atoms with Crippen molar-refractivity contribution in [2.45, 2.75) is 37.7 Å². The number of carbonyl (C=O) groups is 1. The van der Waals surface area contributed by atoms with Crippen LogP contribution in [-0.2, 0) is 4.79 Å². The highest BCUT2D eigenvalue weighted by Gasteiger charge is 2.51. The first kappa shape index (κ1) is 13.2. The molecular weight excluding hydrogens is 230 g/mol. The normalized spacial score (nSPS) is 25.6. The van der Waals surface area contributed by atoms with E-state index in [2.05, 4.69) is 0 Å². The highest BCUT2D eigenvalue weighted by atomic mass is 19.4. The molecule has 1 amide bonds. The number of carbonyl (C=O) groups excluding carboxylic acids is 1. The molecule has 1 heterocycles. The molecule has 0 aromatic heterocycles. The van der Waals surface area contributed by atoms with E-state index in [0.29, 0.717) is 6.92 Å². The summed E-state index contributed by atoms with van der Waals surface area (Å²) in [5.74, 6) is -0.873. The van der Waals surface area contributed by atoms with Gasteiger partial charge in [0.2, 0.25) is 5.91 Å². The monoisotopic (exact) mass is 243 g/mol. The molecule has 0 bridgehead atoms. The van der Waals surface area contributed by atoms with Crippen LogP contribution in [0.15, 0.2) is 0 Å². The number of halogens is 4. The first-order valence-corrected chi connectivity index (χ1v) is 4.84. The maximum absolute atomic E-state index is 12.7. The lowest BCUT2D eigenvalue weighted by molar-refractivity contribution is -0.254. The van der Waals surface area contributed by atoms with Crippen molar-refractivity contribution in [3.8, 4) is 0 Å². The zero-order chi connectivity index (χ0) is 12.6. The summed E-state index contributed by atoms with van der Waals surface area (Å²) < 4.78 is 49.5. The predicted molar refractivity (Wildman–Crippen MR) is 47.4 cm³/mol. The Balaban J connectivity index is 2.58. The minimum absolute atomic E-state index is 0.105. The summed E-state index contributed by atoms with van der Waals surface area (Å²) in [6.07, 6.45) is -6.97. The number of aliphatic hydroxyl groups is 1. The average Bonchev–Trinajstić information content (AvgIpc) is 2.48. The minimum Gasteiger partial charge on any atom is -0.380 e. The number of alkyl halides is 4. The van der Waals surface area contributed by atoms with Crippen LogP contribution in [0, 0.1) is 0 Å². The van der Waals surface area contributed by atoms with E-state index >= 15 is 0 Å². The van der Waals surface area contributed by atoms with Crippen LogP contribution in [0.3, 0.4) is 0 Å². The third-order valence-electron chi connectivity index (χ3n) is 2.59. The van der Waals surface area contributed by atoms with Crippen LogP contribution < -0.4 is 0 Å². The van der Waals surface area contributed by atoms with E-state index in [1.54, 1.807) is 0 Å². The molecule has 2 atom stereocenters. The van der Waals surface area contributed by atoms with Crippen molar-refractivity contribution in [1.29, 1.82) is 0 Å². The maximum atomic E-state index is 12.7. The first-order chi connectivity index (χ1) is 7.13. The van der Waals surface area contributed by atoms with Crippen molar-refractivity contribution in [3.05, 3.63) is 0 Å². The van der Waals surface area contributed by atoms with E-state index in [-0.39, 0.29) is 19.5 Å². The molecule has 3 nitrogen and oxygen atoms in total. The van der Waals surface area contributed by atoms with Gasteiger partial charge in [-0.05, 0) is 13.3 Å². The molecule has 1 N–H and O–H groups in total. The molecule has 1 aliphatic rings. The fourth-order valence-corrected chi connectivity index (χ4v) is 1.45. The van der Waals surface area contributed by atoms with E-state index in [4.69, 9.17) is 5.11 Å². The Bertz CT molecular complexity index is 277. The van der Waals surface area contributed by atoms with Crippen LogP contribution in [0.5, 0.6) is 0 Å². The quantitative estimate of drug-likeness (QED) is 0.742. The molecule has 16 heavy (non-hydrogen) atoms. The fraction of sp³-hybridized carbons (Fsp3) is 0.889. The van der Waals surface area contributed by atoms with Crippen LogP contribution >= 0.6 is 0 Å². The Hall–Kier alpha value is -0.850. The molecular formula is C9H13F4NO2. The Labute approximate surface area is 90.0 Å². The number of amides is 1.